The largest absolute Gasteiger partial charge is 0.497 e. The molecule has 0 fully saturated rings. The number of methoxy groups -OCH3 is 1. The third-order valence-corrected chi connectivity index (χ3v) is 4.92. The number of benzene rings is 2. The van der Waals surface area contributed by atoms with Crippen molar-refractivity contribution in [3.8, 4) is 5.75 Å². The number of aryl methyl sites for hydroxylation is 1. The smallest absolute Gasteiger partial charge is 0.339 e. The maximum absolute atomic E-state index is 13.4. The van der Waals surface area contributed by atoms with E-state index in [2.05, 4.69) is 5.32 Å². The van der Waals surface area contributed by atoms with E-state index >= 15 is 0 Å². The predicted octanol–water partition coefficient (Wildman–Crippen LogP) is 4.20. The number of hydrogen-bond donors (Lipinski definition) is 1. The Bertz CT molecular complexity index is 1120. The summed E-state index contributed by atoms with van der Waals surface area (Å²) in [5.74, 6) is -1.64. The van der Waals surface area contributed by atoms with Gasteiger partial charge in [0.2, 0.25) is 5.91 Å². The van der Waals surface area contributed by atoms with Gasteiger partial charge in [-0.05, 0) is 55.7 Å². The zero-order valence-electron chi connectivity index (χ0n) is 16.3. The first-order valence-corrected chi connectivity index (χ1v) is 9.14. The van der Waals surface area contributed by atoms with Crippen LogP contribution in [0.1, 0.15) is 36.1 Å². The van der Waals surface area contributed by atoms with Crippen molar-refractivity contribution in [2.75, 3.05) is 7.11 Å². The molecule has 1 amide bonds. The van der Waals surface area contributed by atoms with Crippen LogP contribution in [0.15, 0.2) is 45.6 Å². The molecular formula is C22H21F2NO4. The molecule has 3 aromatic rings. The Morgan fingerprint density at radius 2 is 1.93 bits per heavy atom. The fourth-order valence-corrected chi connectivity index (χ4v) is 3.21. The monoisotopic (exact) mass is 401 g/mol. The summed E-state index contributed by atoms with van der Waals surface area (Å²) < 4.78 is 36.9. The van der Waals surface area contributed by atoms with Gasteiger partial charge in [0.05, 0.1) is 13.2 Å². The molecule has 2 aromatic carbocycles. The summed E-state index contributed by atoms with van der Waals surface area (Å²) in [6.45, 7) is 3.48. The van der Waals surface area contributed by atoms with Gasteiger partial charge in [0.1, 0.15) is 11.3 Å². The molecule has 1 atom stereocenters. The second-order valence-corrected chi connectivity index (χ2v) is 6.82. The van der Waals surface area contributed by atoms with E-state index < -0.39 is 23.3 Å². The number of carbonyl (C=O) groups is 1. The first-order chi connectivity index (χ1) is 13.8. The second kappa shape index (κ2) is 8.43. The summed E-state index contributed by atoms with van der Waals surface area (Å²) in [5.41, 5.74) is 1.56. The average molecular weight is 401 g/mol. The topological polar surface area (TPSA) is 68.5 Å². The van der Waals surface area contributed by atoms with Gasteiger partial charge in [0.25, 0.3) is 0 Å². The molecule has 29 heavy (non-hydrogen) atoms. The lowest BCUT2D eigenvalue weighted by Crippen LogP contribution is -2.27. The summed E-state index contributed by atoms with van der Waals surface area (Å²) in [6.07, 6.45) is 0.258. The number of hydrogen-bond acceptors (Lipinski definition) is 4. The Kier molecular flexibility index (Phi) is 5.96. The van der Waals surface area contributed by atoms with Crippen LogP contribution in [-0.4, -0.2) is 13.0 Å². The summed E-state index contributed by atoms with van der Waals surface area (Å²) in [6, 6.07) is 8.21. The van der Waals surface area contributed by atoms with E-state index in [0.717, 1.165) is 23.1 Å². The number of rotatable bonds is 6. The van der Waals surface area contributed by atoms with Gasteiger partial charge >= 0.3 is 5.63 Å². The summed E-state index contributed by atoms with van der Waals surface area (Å²) in [5, 5.41) is 3.50. The molecule has 0 spiro atoms. The van der Waals surface area contributed by atoms with Crippen molar-refractivity contribution in [3.05, 3.63) is 75.1 Å². The van der Waals surface area contributed by atoms with Crippen molar-refractivity contribution < 1.29 is 22.7 Å². The van der Waals surface area contributed by atoms with E-state index in [1.54, 1.807) is 25.1 Å². The lowest BCUT2D eigenvalue weighted by molar-refractivity contribution is -0.121. The van der Waals surface area contributed by atoms with Crippen LogP contribution in [0.25, 0.3) is 11.0 Å². The molecule has 3 rings (SSSR count). The number of ether oxygens (including phenoxy) is 1. The Labute approximate surface area is 166 Å². The van der Waals surface area contributed by atoms with Crippen LogP contribution >= 0.6 is 0 Å². The molecule has 0 saturated carbocycles. The average Bonchev–Trinajstić information content (AvgIpc) is 2.69. The molecule has 0 aliphatic heterocycles. The van der Waals surface area contributed by atoms with E-state index in [4.69, 9.17) is 9.15 Å². The van der Waals surface area contributed by atoms with Gasteiger partial charge < -0.3 is 14.5 Å². The van der Waals surface area contributed by atoms with Crippen molar-refractivity contribution in [2.24, 2.45) is 0 Å². The minimum atomic E-state index is -0.968. The molecule has 5 nitrogen and oxygen atoms in total. The van der Waals surface area contributed by atoms with Gasteiger partial charge in [-0.3, -0.25) is 4.79 Å². The zero-order chi connectivity index (χ0) is 21.1. The van der Waals surface area contributed by atoms with Gasteiger partial charge in [0.15, 0.2) is 11.6 Å². The number of fused-ring (bicyclic) bond motifs is 1. The van der Waals surface area contributed by atoms with Crippen molar-refractivity contribution in [1.82, 2.24) is 5.32 Å². The molecule has 1 unspecified atom stereocenters. The minimum Gasteiger partial charge on any atom is -0.497 e. The molecule has 152 valence electrons. The highest BCUT2D eigenvalue weighted by Crippen LogP contribution is 2.24. The Balaban J connectivity index is 1.72. The van der Waals surface area contributed by atoms with E-state index in [1.165, 1.54) is 13.2 Å². The van der Waals surface area contributed by atoms with E-state index in [-0.39, 0.29) is 18.7 Å². The Morgan fingerprint density at radius 1 is 1.17 bits per heavy atom. The predicted molar refractivity (Wildman–Crippen MR) is 105 cm³/mol. The van der Waals surface area contributed by atoms with Gasteiger partial charge in [-0.2, -0.15) is 0 Å². The molecule has 0 radical (unpaired) electrons. The minimum absolute atomic E-state index is 0.0568. The van der Waals surface area contributed by atoms with Crippen LogP contribution in [0.5, 0.6) is 5.75 Å². The highest BCUT2D eigenvalue weighted by molar-refractivity contribution is 5.82. The fraction of sp³-hybridized carbons (Fsp3) is 0.273. The molecule has 0 saturated heterocycles. The number of nitrogens with one attached hydrogen (secondary N) is 1. The second-order valence-electron chi connectivity index (χ2n) is 6.82. The molecule has 0 aliphatic rings. The standard InChI is InChI=1S/C22H21F2NO4/c1-12-16-6-5-15(28-3)11-20(16)29-22(27)17(12)7-9-21(26)25-13(2)14-4-8-18(23)19(24)10-14/h4-6,8,10-11,13H,7,9H2,1-3H3,(H,25,26). The summed E-state index contributed by atoms with van der Waals surface area (Å²) >= 11 is 0. The Morgan fingerprint density at radius 3 is 2.62 bits per heavy atom. The third-order valence-electron chi connectivity index (χ3n) is 4.92. The number of carbonyl (C=O) groups excluding carboxylic acids is 1. The molecule has 1 N–H and O–H groups in total. The van der Waals surface area contributed by atoms with Crippen LogP contribution in [0, 0.1) is 18.6 Å². The van der Waals surface area contributed by atoms with E-state index in [1.807, 2.05) is 6.92 Å². The van der Waals surface area contributed by atoms with Crippen molar-refractivity contribution in [1.29, 1.82) is 0 Å². The maximum Gasteiger partial charge on any atom is 0.339 e. The quantitative estimate of drug-likeness (QED) is 0.629. The van der Waals surface area contributed by atoms with Crippen molar-refractivity contribution in [2.45, 2.75) is 32.7 Å². The maximum atomic E-state index is 13.4. The van der Waals surface area contributed by atoms with Gasteiger partial charge in [0, 0.05) is 23.4 Å². The highest BCUT2D eigenvalue weighted by Gasteiger charge is 2.16. The van der Waals surface area contributed by atoms with Gasteiger partial charge in [-0.15, -0.1) is 0 Å². The third kappa shape index (κ3) is 4.45. The molecular weight excluding hydrogens is 380 g/mol. The zero-order valence-corrected chi connectivity index (χ0v) is 16.3. The van der Waals surface area contributed by atoms with Gasteiger partial charge in [-0.25, -0.2) is 13.6 Å². The van der Waals surface area contributed by atoms with Crippen LogP contribution in [-0.2, 0) is 11.2 Å². The highest BCUT2D eigenvalue weighted by atomic mass is 19.2. The summed E-state index contributed by atoms with van der Waals surface area (Å²) in [4.78, 5) is 24.7. The lowest BCUT2D eigenvalue weighted by atomic mass is 10.0. The number of halogens is 2. The molecule has 1 aromatic heterocycles. The molecule has 1 heterocycles. The first-order valence-electron chi connectivity index (χ1n) is 9.14. The molecule has 0 bridgehead atoms. The Hall–Kier alpha value is -3.22. The van der Waals surface area contributed by atoms with Crippen molar-refractivity contribution in [3.63, 3.8) is 0 Å². The van der Waals surface area contributed by atoms with Crippen LogP contribution < -0.4 is 15.7 Å². The molecule has 7 heteroatoms. The SMILES string of the molecule is COc1ccc2c(C)c(CCC(=O)NC(C)c3ccc(F)c(F)c3)c(=O)oc2c1. The van der Waals surface area contributed by atoms with Gasteiger partial charge in [-0.1, -0.05) is 6.07 Å². The first kappa shape index (κ1) is 20.5. The van der Waals surface area contributed by atoms with E-state index in [9.17, 15) is 18.4 Å². The fourth-order valence-electron chi connectivity index (χ4n) is 3.21. The van der Waals surface area contributed by atoms with Crippen molar-refractivity contribution >= 4 is 16.9 Å². The van der Waals surface area contributed by atoms with Crippen LogP contribution in [0.4, 0.5) is 8.78 Å². The summed E-state index contributed by atoms with van der Waals surface area (Å²) in [7, 11) is 1.53. The normalized spacial score (nSPS) is 12.0. The van der Waals surface area contributed by atoms with Crippen LogP contribution in [0.2, 0.25) is 0 Å². The van der Waals surface area contributed by atoms with Crippen LogP contribution in [0.3, 0.4) is 0 Å². The van der Waals surface area contributed by atoms with E-state index in [0.29, 0.717) is 22.5 Å². The lowest BCUT2D eigenvalue weighted by Gasteiger charge is -2.15. The molecule has 0 aliphatic carbocycles. The number of amides is 1.